The number of hydrogen-bond acceptors (Lipinski definition) is 5. The van der Waals surface area contributed by atoms with Gasteiger partial charge in [-0.1, -0.05) is 13.3 Å². The average molecular weight is 279 g/mol. The van der Waals surface area contributed by atoms with Gasteiger partial charge in [0.2, 0.25) is 0 Å². The number of hydrogen-bond donors (Lipinski definition) is 0. The van der Waals surface area contributed by atoms with Crippen LogP contribution in [0.5, 0.6) is 0 Å². The van der Waals surface area contributed by atoms with Crippen LogP contribution in [0.1, 0.15) is 28.6 Å². The third-order valence-electron chi connectivity index (χ3n) is 2.68. The van der Waals surface area contributed by atoms with Crippen molar-refractivity contribution < 1.29 is 19.1 Å². The molecule has 0 unspecified atom stereocenters. The second kappa shape index (κ2) is 5.36. The Hall–Kier alpha value is -1.95. The normalized spacial score (nSPS) is 14.3. The molecule has 0 aromatic carbocycles. The highest BCUT2D eigenvalue weighted by Gasteiger charge is 2.31. The van der Waals surface area contributed by atoms with Gasteiger partial charge in [-0.3, -0.25) is 9.59 Å². The summed E-state index contributed by atoms with van der Waals surface area (Å²) in [7, 11) is 1.27. The lowest BCUT2D eigenvalue weighted by Gasteiger charge is -2.12. The molecule has 0 radical (unpaired) electrons. The van der Waals surface area contributed by atoms with E-state index >= 15 is 0 Å². The van der Waals surface area contributed by atoms with E-state index in [2.05, 4.69) is 0 Å². The molecular formula is C13H13NO4S. The molecule has 0 spiro atoms. The molecule has 6 heteroatoms. The molecule has 1 aliphatic rings. The zero-order chi connectivity index (χ0) is 14.0. The number of carbonyl (C=O) groups is 3. The molecule has 0 bridgehead atoms. The van der Waals surface area contributed by atoms with Crippen molar-refractivity contribution in [3.8, 4) is 0 Å². The highest BCUT2D eigenvalue weighted by molar-refractivity contribution is 7.17. The third kappa shape index (κ3) is 2.44. The molecule has 0 atom stereocenters. The Morgan fingerprint density at radius 1 is 1.32 bits per heavy atom. The van der Waals surface area contributed by atoms with Crippen molar-refractivity contribution in [1.29, 1.82) is 0 Å². The van der Waals surface area contributed by atoms with E-state index in [9.17, 15) is 14.4 Å². The van der Waals surface area contributed by atoms with E-state index in [1.165, 1.54) is 30.6 Å². The Morgan fingerprint density at radius 2 is 1.95 bits per heavy atom. The van der Waals surface area contributed by atoms with E-state index in [1.807, 2.05) is 6.92 Å². The van der Waals surface area contributed by atoms with E-state index in [-0.39, 0.29) is 5.56 Å². The standard InChI is InChI=1S/C13H13NO4S/c1-3-4-8-7-9(13(17)18-2)12(19-8)14-10(15)5-6-11(14)16/h5-7H,3-4H2,1-2H3. The molecule has 2 heterocycles. The summed E-state index contributed by atoms with van der Waals surface area (Å²) < 4.78 is 4.70. The van der Waals surface area contributed by atoms with Crippen LogP contribution in [0.3, 0.4) is 0 Å². The predicted molar refractivity (Wildman–Crippen MR) is 71.3 cm³/mol. The van der Waals surface area contributed by atoms with Crippen molar-refractivity contribution in [3.05, 3.63) is 28.7 Å². The first-order valence-electron chi connectivity index (χ1n) is 5.85. The highest BCUT2D eigenvalue weighted by atomic mass is 32.1. The van der Waals surface area contributed by atoms with Gasteiger partial charge in [-0.2, -0.15) is 0 Å². The molecule has 100 valence electrons. The molecule has 2 amide bonds. The Morgan fingerprint density at radius 3 is 2.47 bits per heavy atom. The number of thiophene rings is 1. The lowest BCUT2D eigenvalue weighted by atomic mass is 10.2. The van der Waals surface area contributed by atoms with E-state index in [0.717, 1.165) is 22.6 Å². The molecular weight excluding hydrogens is 266 g/mol. The topological polar surface area (TPSA) is 63.7 Å². The summed E-state index contributed by atoms with van der Waals surface area (Å²) in [6, 6.07) is 1.69. The molecule has 5 nitrogen and oxygen atoms in total. The van der Waals surface area contributed by atoms with E-state index in [0.29, 0.717) is 5.00 Å². The Bertz CT molecular complexity index is 555. The number of esters is 1. The fraction of sp³-hybridized carbons (Fsp3) is 0.308. The molecule has 0 fully saturated rings. The van der Waals surface area contributed by atoms with Gasteiger partial charge in [0, 0.05) is 17.0 Å². The number of imide groups is 1. The SMILES string of the molecule is CCCc1cc(C(=O)OC)c(N2C(=O)C=CC2=O)s1. The zero-order valence-electron chi connectivity index (χ0n) is 10.6. The van der Waals surface area contributed by atoms with E-state index in [1.54, 1.807) is 6.07 Å². The summed E-state index contributed by atoms with van der Waals surface area (Å²) >= 11 is 1.28. The number of carbonyl (C=O) groups excluding carboxylic acids is 3. The summed E-state index contributed by atoms with van der Waals surface area (Å²) in [5.41, 5.74) is 0.265. The number of anilines is 1. The molecule has 0 saturated carbocycles. The van der Waals surface area contributed by atoms with Gasteiger partial charge in [0.15, 0.2) is 0 Å². The largest absolute Gasteiger partial charge is 0.465 e. The number of rotatable bonds is 4. The van der Waals surface area contributed by atoms with E-state index in [4.69, 9.17) is 4.74 Å². The zero-order valence-corrected chi connectivity index (χ0v) is 11.5. The van der Waals surface area contributed by atoms with Crippen molar-refractivity contribution >= 4 is 34.1 Å². The average Bonchev–Trinajstić information content (AvgIpc) is 2.93. The van der Waals surface area contributed by atoms with Gasteiger partial charge in [-0.05, 0) is 12.5 Å². The fourth-order valence-electron chi connectivity index (χ4n) is 1.82. The summed E-state index contributed by atoms with van der Waals surface area (Å²) in [5.74, 6) is -1.40. The molecule has 1 aromatic heterocycles. The maximum Gasteiger partial charge on any atom is 0.340 e. The van der Waals surface area contributed by atoms with Crippen LogP contribution in [-0.4, -0.2) is 24.9 Å². The Kier molecular flexibility index (Phi) is 3.80. The quantitative estimate of drug-likeness (QED) is 0.624. The number of ether oxygens (including phenoxy) is 1. The molecule has 0 N–H and O–H groups in total. The molecule has 1 aromatic rings. The Balaban J connectivity index is 2.45. The first kappa shape index (κ1) is 13.5. The molecule has 1 aliphatic heterocycles. The summed E-state index contributed by atoms with van der Waals surface area (Å²) in [5, 5.41) is 0.343. The maximum atomic E-state index is 11.7. The molecule has 19 heavy (non-hydrogen) atoms. The molecule has 0 aliphatic carbocycles. The van der Waals surface area contributed by atoms with Crippen LogP contribution in [0.15, 0.2) is 18.2 Å². The van der Waals surface area contributed by atoms with Gasteiger partial charge in [0.1, 0.15) is 5.00 Å². The maximum absolute atomic E-state index is 11.7. The minimum atomic E-state index is -0.541. The minimum Gasteiger partial charge on any atom is -0.465 e. The first-order chi connectivity index (χ1) is 9.08. The first-order valence-corrected chi connectivity index (χ1v) is 6.67. The van der Waals surface area contributed by atoms with E-state index < -0.39 is 17.8 Å². The predicted octanol–water partition coefficient (Wildman–Crippen LogP) is 1.92. The monoisotopic (exact) mass is 279 g/mol. The van der Waals surface area contributed by atoms with Crippen LogP contribution in [0.25, 0.3) is 0 Å². The second-order valence-electron chi connectivity index (χ2n) is 4.02. The lowest BCUT2D eigenvalue weighted by Crippen LogP contribution is -2.30. The van der Waals surface area contributed by atoms with Crippen LogP contribution in [0.2, 0.25) is 0 Å². The number of nitrogens with zero attached hydrogens (tertiary/aromatic N) is 1. The van der Waals surface area contributed by atoms with Crippen molar-refractivity contribution in [2.24, 2.45) is 0 Å². The molecule has 0 saturated heterocycles. The van der Waals surface area contributed by atoms with Crippen LogP contribution >= 0.6 is 11.3 Å². The van der Waals surface area contributed by atoms with Gasteiger partial charge in [0.25, 0.3) is 11.8 Å². The van der Waals surface area contributed by atoms with Crippen LogP contribution in [0.4, 0.5) is 5.00 Å². The van der Waals surface area contributed by atoms with Crippen molar-refractivity contribution in [2.45, 2.75) is 19.8 Å². The van der Waals surface area contributed by atoms with Gasteiger partial charge >= 0.3 is 5.97 Å². The third-order valence-corrected chi connectivity index (χ3v) is 3.86. The van der Waals surface area contributed by atoms with Gasteiger partial charge < -0.3 is 4.74 Å². The van der Waals surface area contributed by atoms with Crippen LogP contribution in [-0.2, 0) is 20.7 Å². The van der Waals surface area contributed by atoms with Crippen LogP contribution in [0, 0.1) is 0 Å². The molecule has 2 rings (SSSR count). The summed E-state index contributed by atoms with van der Waals surface area (Å²) in [6.07, 6.45) is 4.10. The van der Waals surface area contributed by atoms with Gasteiger partial charge in [-0.15, -0.1) is 11.3 Å². The highest BCUT2D eigenvalue weighted by Crippen LogP contribution is 2.34. The smallest absolute Gasteiger partial charge is 0.340 e. The summed E-state index contributed by atoms with van der Waals surface area (Å²) in [4.78, 5) is 37.1. The second-order valence-corrected chi connectivity index (χ2v) is 5.13. The number of methoxy groups -OCH3 is 1. The van der Waals surface area contributed by atoms with Gasteiger partial charge in [-0.25, -0.2) is 9.69 Å². The minimum absolute atomic E-state index is 0.265. The van der Waals surface area contributed by atoms with Gasteiger partial charge in [0.05, 0.1) is 12.7 Å². The van der Waals surface area contributed by atoms with Crippen LogP contribution < -0.4 is 4.90 Å². The Labute approximate surface area is 114 Å². The van der Waals surface area contributed by atoms with Crippen molar-refractivity contribution in [2.75, 3.05) is 12.0 Å². The number of aryl methyl sites for hydroxylation is 1. The van der Waals surface area contributed by atoms with Crippen molar-refractivity contribution in [1.82, 2.24) is 0 Å². The van der Waals surface area contributed by atoms with Crippen molar-refractivity contribution in [3.63, 3.8) is 0 Å². The number of amides is 2. The summed E-state index contributed by atoms with van der Waals surface area (Å²) in [6.45, 7) is 2.02. The fourth-order valence-corrected chi connectivity index (χ4v) is 3.08. The lowest BCUT2D eigenvalue weighted by molar-refractivity contribution is -0.119.